The third-order valence-electron chi connectivity index (χ3n) is 3.64. The second-order valence-electron chi connectivity index (χ2n) is 5.15. The van der Waals surface area contributed by atoms with E-state index in [1.807, 2.05) is 24.3 Å². The molecule has 1 aliphatic heterocycles. The zero-order valence-corrected chi connectivity index (χ0v) is 14.0. The van der Waals surface area contributed by atoms with Crippen molar-refractivity contribution in [1.29, 1.82) is 0 Å². The molecule has 1 aliphatic rings. The van der Waals surface area contributed by atoms with Gasteiger partial charge in [0.05, 0.1) is 8.66 Å². The van der Waals surface area contributed by atoms with E-state index >= 15 is 0 Å². The van der Waals surface area contributed by atoms with Crippen molar-refractivity contribution in [2.45, 2.75) is 19.3 Å². The SMILES string of the molecule is O=C(Nc1ccc(N2CCCCC2)cc1)c1ccc(Br)s1. The summed E-state index contributed by atoms with van der Waals surface area (Å²) in [4.78, 5) is 15.2. The van der Waals surface area contributed by atoms with Gasteiger partial charge in [-0.15, -0.1) is 11.3 Å². The van der Waals surface area contributed by atoms with Crippen LogP contribution in [0.1, 0.15) is 28.9 Å². The first kappa shape index (κ1) is 14.6. The number of rotatable bonds is 3. The summed E-state index contributed by atoms with van der Waals surface area (Å²) < 4.78 is 0.966. The predicted molar refractivity (Wildman–Crippen MR) is 92.5 cm³/mol. The molecule has 1 aromatic heterocycles. The van der Waals surface area contributed by atoms with Gasteiger partial charge in [-0.2, -0.15) is 0 Å². The first-order valence-corrected chi connectivity index (χ1v) is 8.75. The number of carbonyl (C=O) groups is 1. The molecule has 0 aliphatic carbocycles. The number of anilines is 2. The van der Waals surface area contributed by atoms with Gasteiger partial charge in [0, 0.05) is 24.5 Å². The maximum Gasteiger partial charge on any atom is 0.265 e. The van der Waals surface area contributed by atoms with Crippen LogP contribution in [0.25, 0.3) is 0 Å². The first-order valence-electron chi connectivity index (χ1n) is 7.14. The van der Waals surface area contributed by atoms with E-state index in [4.69, 9.17) is 0 Å². The Labute approximate surface area is 137 Å². The smallest absolute Gasteiger partial charge is 0.265 e. The number of benzene rings is 1. The zero-order chi connectivity index (χ0) is 14.7. The van der Waals surface area contributed by atoms with Crippen LogP contribution >= 0.6 is 27.3 Å². The molecule has 21 heavy (non-hydrogen) atoms. The van der Waals surface area contributed by atoms with Crippen molar-refractivity contribution >= 4 is 44.5 Å². The quantitative estimate of drug-likeness (QED) is 0.851. The minimum absolute atomic E-state index is 0.0589. The van der Waals surface area contributed by atoms with Gasteiger partial charge in [0.1, 0.15) is 0 Å². The molecule has 110 valence electrons. The van der Waals surface area contributed by atoms with E-state index in [2.05, 4.69) is 38.3 Å². The molecular weight excluding hydrogens is 348 g/mol. The zero-order valence-electron chi connectivity index (χ0n) is 11.6. The summed E-state index contributed by atoms with van der Waals surface area (Å²) in [5.74, 6) is -0.0589. The highest BCUT2D eigenvalue weighted by Gasteiger charge is 2.12. The Balaban J connectivity index is 1.65. The second-order valence-corrected chi connectivity index (χ2v) is 7.62. The van der Waals surface area contributed by atoms with E-state index in [9.17, 15) is 4.79 Å². The van der Waals surface area contributed by atoms with Gasteiger partial charge in [0.25, 0.3) is 5.91 Å². The molecule has 3 rings (SSSR count). The lowest BCUT2D eigenvalue weighted by Gasteiger charge is -2.28. The van der Waals surface area contributed by atoms with Gasteiger partial charge in [0.15, 0.2) is 0 Å². The van der Waals surface area contributed by atoms with Crippen molar-refractivity contribution in [3.05, 3.63) is 45.1 Å². The van der Waals surface area contributed by atoms with Crippen LogP contribution in [0, 0.1) is 0 Å². The van der Waals surface area contributed by atoms with Crippen molar-refractivity contribution in [2.24, 2.45) is 0 Å². The number of hydrogen-bond donors (Lipinski definition) is 1. The molecule has 1 N–H and O–H groups in total. The molecule has 1 amide bonds. The summed E-state index contributed by atoms with van der Waals surface area (Å²) in [5, 5.41) is 2.93. The van der Waals surface area contributed by atoms with E-state index in [1.54, 1.807) is 0 Å². The second kappa shape index (κ2) is 6.62. The standard InChI is InChI=1S/C16H17BrN2OS/c17-15-9-8-14(21-15)16(20)18-12-4-6-13(7-5-12)19-10-2-1-3-11-19/h4-9H,1-3,10-11H2,(H,18,20). The van der Waals surface area contributed by atoms with E-state index in [1.165, 1.54) is 36.3 Å². The fourth-order valence-electron chi connectivity index (χ4n) is 2.54. The number of thiophene rings is 1. The lowest BCUT2D eigenvalue weighted by Crippen LogP contribution is -2.29. The number of halogens is 1. The van der Waals surface area contributed by atoms with Crippen molar-refractivity contribution in [1.82, 2.24) is 0 Å². The summed E-state index contributed by atoms with van der Waals surface area (Å²) in [6.45, 7) is 2.27. The molecule has 0 spiro atoms. The highest BCUT2D eigenvalue weighted by Crippen LogP contribution is 2.24. The molecule has 0 atom stereocenters. The maximum atomic E-state index is 12.1. The Morgan fingerprint density at radius 2 is 1.76 bits per heavy atom. The largest absolute Gasteiger partial charge is 0.372 e. The van der Waals surface area contributed by atoms with E-state index in [0.29, 0.717) is 4.88 Å². The average molecular weight is 365 g/mol. The van der Waals surface area contributed by atoms with Crippen molar-refractivity contribution in [3.63, 3.8) is 0 Å². The number of piperidine rings is 1. The summed E-state index contributed by atoms with van der Waals surface area (Å²) in [6, 6.07) is 11.8. The van der Waals surface area contributed by atoms with Crippen LogP contribution in [0.2, 0.25) is 0 Å². The van der Waals surface area contributed by atoms with Gasteiger partial charge in [-0.05, 0) is 71.6 Å². The molecule has 1 saturated heterocycles. The van der Waals surface area contributed by atoms with Crippen molar-refractivity contribution in [2.75, 3.05) is 23.3 Å². The maximum absolute atomic E-state index is 12.1. The third-order valence-corrected chi connectivity index (χ3v) is 5.27. The van der Waals surface area contributed by atoms with E-state index in [-0.39, 0.29) is 5.91 Å². The summed E-state index contributed by atoms with van der Waals surface area (Å²) >= 11 is 4.81. The van der Waals surface area contributed by atoms with Crippen LogP contribution < -0.4 is 10.2 Å². The predicted octanol–water partition coefficient (Wildman–Crippen LogP) is 4.75. The molecule has 0 unspecified atom stereocenters. The van der Waals surface area contributed by atoms with Crippen LogP contribution in [0.5, 0.6) is 0 Å². The molecule has 5 heteroatoms. The molecular formula is C16H17BrN2OS. The lowest BCUT2D eigenvalue weighted by atomic mass is 10.1. The molecule has 0 bridgehead atoms. The Morgan fingerprint density at radius 3 is 2.38 bits per heavy atom. The van der Waals surface area contributed by atoms with Crippen LogP contribution in [-0.2, 0) is 0 Å². The lowest BCUT2D eigenvalue weighted by molar-refractivity contribution is 0.103. The molecule has 1 aromatic carbocycles. The van der Waals surface area contributed by atoms with Gasteiger partial charge >= 0.3 is 0 Å². The van der Waals surface area contributed by atoms with E-state index in [0.717, 1.165) is 22.6 Å². The number of amides is 1. The Hall–Kier alpha value is -1.33. The number of nitrogens with one attached hydrogen (secondary N) is 1. The summed E-state index contributed by atoms with van der Waals surface area (Å²) in [7, 11) is 0. The van der Waals surface area contributed by atoms with Gasteiger partial charge in [-0.1, -0.05) is 0 Å². The highest BCUT2D eigenvalue weighted by atomic mass is 79.9. The number of carbonyl (C=O) groups excluding carboxylic acids is 1. The number of nitrogens with zero attached hydrogens (tertiary/aromatic N) is 1. The Kier molecular flexibility index (Phi) is 4.60. The molecule has 0 saturated carbocycles. The average Bonchev–Trinajstić information content (AvgIpc) is 2.96. The molecule has 2 heterocycles. The molecule has 3 nitrogen and oxygen atoms in total. The molecule has 1 fully saturated rings. The summed E-state index contributed by atoms with van der Waals surface area (Å²) in [5.41, 5.74) is 2.08. The highest BCUT2D eigenvalue weighted by molar-refractivity contribution is 9.11. The normalized spacial score (nSPS) is 15.0. The Morgan fingerprint density at radius 1 is 1.05 bits per heavy atom. The van der Waals surface area contributed by atoms with Crippen LogP contribution in [0.15, 0.2) is 40.2 Å². The van der Waals surface area contributed by atoms with Crippen molar-refractivity contribution in [3.8, 4) is 0 Å². The fraction of sp³-hybridized carbons (Fsp3) is 0.312. The number of hydrogen-bond acceptors (Lipinski definition) is 3. The molecule has 2 aromatic rings. The van der Waals surface area contributed by atoms with Gasteiger partial charge < -0.3 is 10.2 Å². The van der Waals surface area contributed by atoms with Crippen molar-refractivity contribution < 1.29 is 4.79 Å². The topological polar surface area (TPSA) is 32.3 Å². The minimum Gasteiger partial charge on any atom is -0.372 e. The Bertz CT molecular complexity index is 617. The van der Waals surface area contributed by atoms with Crippen LogP contribution in [-0.4, -0.2) is 19.0 Å². The minimum atomic E-state index is -0.0589. The van der Waals surface area contributed by atoms with Crippen LogP contribution in [0.4, 0.5) is 11.4 Å². The monoisotopic (exact) mass is 364 g/mol. The van der Waals surface area contributed by atoms with E-state index < -0.39 is 0 Å². The first-order chi connectivity index (χ1) is 10.2. The molecule has 0 radical (unpaired) electrons. The summed E-state index contributed by atoms with van der Waals surface area (Å²) in [6.07, 6.45) is 3.87. The fourth-order valence-corrected chi connectivity index (χ4v) is 3.82. The van der Waals surface area contributed by atoms with Gasteiger partial charge in [-0.3, -0.25) is 4.79 Å². The van der Waals surface area contributed by atoms with Gasteiger partial charge in [-0.25, -0.2) is 0 Å². The third kappa shape index (κ3) is 3.66. The van der Waals surface area contributed by atoms with Crippen LogP contribution in [0.3, 0.4) is 0 Å². The van der Waals surface area contributed by atoms with Gasteiger partial charge in [0.2, 0.25) is 0 Å².